The number of hydrogen-bond donors (Lipinski definition) is 2. The van der Waals surface area contributed by atoms with Crippen molar-refractivity contribution in [1.82, 2.24) is 25.0 Å². The van der Waals surface area contributed by atoms with Crippen LogP contribution in [0, 0.1) is 0 Å². The minimum absolute atomic E-state index is 0.0827. The Morgan fingerprint density at radius 3 is 2.71 bits per heavy atom. The van der Waals surface area contributed by atoms with Crippen molar-refractivity contribution in [2.45, 2.75) is 12.8 Å². The Labute approximate surface area is 161 Å². The highest BCUT2D eigenvalue weighted by molar-refractivity contribution is 6.03. The third-order valence-corrected chi connectivity index (χ3v) is 5.16. The van der Waals surface area contributed by atoms with E-state index >= 15 is 0 Å². The van der Waals surface area contributed by atoms with Gasteiger partial charge in [-0.3, -0.25) is 14.6 Å². The smallest absolute Gasteiger partial charge is 0.183 e. The van der Waals surface area contributed by atoms with Crippen LogP contribution in [0.2, 0.25) is 0 Å². The summed E-state index contributed by atoms with van der Waals surface area (Å²) in [5.41, 5.74) is 5.60. The number of aromatic amines is 2. The van der Waals surface area contributed by atoms with E-state index in [1.807, 2.05) is 60.3 Å². The molecule has 0 saturated heterocycles. The minimum Gasteiger partial charge on any atom is -0.352 e. The number of H-pyrrole nitrogens is 2. The van der Waals surface area contributed by atoms with Gasteiger partial charge in [0, 0.05) is 48.1 Å². The number of ketones is 1. The lowest BCUT2D eigenvalue weighted by Crippen LogP contribution is -2.03. The summed E-state index contributed by atoms with van der Waals surface area (Å²) in [6, 6.07) is 17.8. The highest BCUT2D eigenvalue weighted by Crippen LogP contribution is 2.26. The van der Waals surface area contributed by atoms with Crippen LogP contribution in [-0.4, -0.2) is 30.7 Å². The van der Waals surface area contributed by atoms with Crippen molar-refractivity contribution < 1.29 is 4.79 Å². The van der Waals surface area contributed by atoms with Gasteiger partial charge in [0.15, 0.2) is 5.78 Å². The van der Waals surface area contributed by atoms with Crippen molar-refractivity contribution in [3.8, 4) is 0 Å². The van der Waals surface area contributed by atoms with Crippen molar-refractivity contribution in [2.24, 2.45) is 7.05 Å². The normalized spacial score (nSPS) is 11.5. The third kappa shape index (κ3) is 2.89. The summed E-state index contributed by atoms with van der Waals surface area (Å²) in [6.07, 6.45) is 2.88. The maximum Gasteiger partial charge on any atom is 0.183 e. The molecule has 3 heterocycles. The highest BCUT2D eigenvalue weighted by Gasteiger charge is 2.14. The van der Waals surface area contributed by atoms with Gasteiger partial charge >= 0.3 is 0 Å². The van der Waals surface area contributed by atoms with E-state index in [2.05, 4.69) is 26.3 Å². The topological polar surface area (TPSA) is 79.4 Å². The molecule has 0 spiro atoms. The lowest BCUT2D eigenvalue weighted by atomic mass is 10.1. The maximum absolute atomic E-state index is 12.7. The van der Waals surface area contributed by atoms with Gasteiger partial charge in [0.25, 0.3) is 0 Å². The number of hydrogen-bond acceptors (Lipinski definition) is 3. The van der Waals surface area contributed by atoms with Crippen molar-refractivity contribution in [1.29, 1.82) is 0 Å². The second-order valence-electron chi connectivity index (χ2n) is 7.05. The van der Waals surface area contributed by atoms with Crippen LogP contribution < -0.4 is 0 Å². The molecule has 6 nitrogen and oxygen atoms in total. The predicted molar refractivity (Wildman–Crippen MR) is 108 cm³/mol. The zero-order valence-corrected chi connectivity index (χ0v) is 15.4. The highest BCUT2D eigenvalue weighted by atomic mass is 16.1. The number of fused-ring (bicyclic) bond motifs is 2. The number of carbonyl (C=O) groups is 1. The molecule has 3 aromatic heterocycles. The van der Waals surface area contributed by atoms with Gasteiger partial charge in [0.2, 0.25) is 0 Å². The van der Waals surface area contributed by atoms with Gasteiger partial charge in [-0.15, -0.1) is 0 Å². The summed E-state index contributed by atoms with van der Waals surface area (Å²) in [7, 11) is 1.93. The van der Waals surface area contributed by atoms with Crippen LogP contribution in [0.5, 0.6) is 0 Å². The zero-order valence-electron chi connectivity index (χ0n) is 15.4. The Balaban J connectivity index is 1.49. The molecule has 6 heteroatoms. The molecule has 0 atom stereocenters. The number of aromatic nitrogens is 5. The number of benzene rings is 2. The monoisotopic (exact) mass is 369 g/mol. The van der Waals surface area contributed by atoms with E-state index in [-0.39, 0.29) is 5.78 Å². The van der Waals surface area contributed by atoms with Gasteiger partial charge in [0.05, 0.1) is 16.9 Å². The van der Waals surface area contributed by atoms with E-state index < -0.39 is 0 Å². The van der Waals surface area contributed by atoms with Crippen LogP contribution in [0.25, 0.3) is 21.8 Å². The average Bonchev–Trinajstić information content (AvgIpc) is 3.40. The van der Waals surface area contributed by atoms with Gasteiger partial charge in [-0.1, -0.05) is 30.3 Å². The molecule has 5 aromatic rings. The molecule has 0 bridgehead atoms. The summed E-state index contributed by atoms with van der Waals surface area (Å²) in [5.74, 6) is 0.0827. The number of Topliss-reactive ketones (excluding diaryl/α,β-unsaturated/α-hetero) is 1. The van der Waals surface area contributed by atoms with Crippen molar-refractivity contribution in [2.75, 3.05) is 0 Å². The van der Waals surface area contributed by atoms with Gasteiger partial charge in [-0.2, -0.15) is 10.2 Å². The van der Waals surface area contributed by atoms with E-state index in [1.54, 1.807) is 6.20 Å². The van der Waals surface area contributed by atoms with Gasteiger partial charge in [-0.05, 0) is 29.8 Å². The van der Waals surface area contributed by atoms with Crippen molar-refractivity contribution >= 4 is 27.6 Å². The van der Waals surface area contributed by atoms with Crippen LogP contribution in [0.1, 0.15) is 27.4 Å². The van der Waals surface area contributed by atoms with E-state index in [9.17, 15) is 4.79 Å². The molecule has 0 aliphatic rings. The van der Waals surface area contributed by atoms with Gasteiger partial charge in [-0.25, -0.2) is 0 Å². The summed E-state index contributed by atoms with van der Waals surface area (Å²) in [4.78, 5) is 15.9. The first kappa shape index (κ1) is 16.5. The fourth-order valence-electron chi connectivity index (χ4n) is 3.61. The molecule has 28 heavy (non-hydrogen) atoms. The lowest BCUT2D eigenvalue weighted by molar-refractivity contribution is 0.0989. The van der Waals surface area contributed by atoms with Crippen LogP contribution in [0.15, 0.2) is 60.8 Å². The molecule has 138 valence electrons. The molecular weight excluding hydrogens is 350 g/mol. The summed E-state index contributed by atoms with van der Waals surface area (Å²) in [6.45, 7) is 0. The molecule has 0 unspecified atom stereocenters. The Kier molecular flexibility index (Phi) is 3.83. The second kappa shape index (κ2) is 6.49. The molecule has 0 saturated carbocycles. The fourth-order valence-corrected chi connectivity index (χ4v) is 3.61. The Bertz CT molecular complexity index is 1290. The van der Waals surface area contributed by atoms with E-state index in [1.165, 1.54) is 0 Å². The molecular formula is C22H19N5O. The largest absolute Gasteiger partial charge is 0.352 e. The van der Waals surface area contributed by atoms with E-state index in [0.29, 0.717) is 18.5 Å². The van der Waals surface area contributed by atoms with Crippen LogP contribution in [0.4, 0.5) is 0 Å². The summed E-state index contributed by atoms with van der Waals surface area (Å²) >= 11 is 0. The van der Waals surface area contributed by atoms with Crippen molar-refractivity contribution in [3.63, 3.8) is 0 Å². The standard InChI is InChI=1S/C22H19N5O/c1-27-16(7-8-23-27)12-19-17-10-15-11-21(24-18(15)13-20(17)26-25-19)22(28)9-14-5-3-2-4-6-14/h2-8,10-11,13,24H,9,12H2,1H3,(H,25,26). The zero-order chi connectivity index (χ0) is 19.1. The third-order valence-electron chi connectivity index (χ3n) is 5.16. The first-order valence-electron chi connectivity index (χ1n) is 9.21. The lowest BCUT2D eigenvalue weighted by Gasteiger charge is -1.99. The molecule has 0 amide bonds. The minimum atomic E-state index is 0.0827. The quantitative estimate of drug-likeness (QED) is 0.463. The van der Waals surface area contributed by atoms with Crippen LogP contribution >= 0.6 is 0 Å². The molecule has 2 aromatic carbocycles. The molecule has 0 aliphatic carbocycles. The maximum atomic E-state index is 12.7. The molecule has 0 radical (unpaired) electrons. The predicted octanol–water partition coefficient (Wildman–Crippen LogP) is 3.79. The number of nitrogens with one attached hydrogen (secondary N) is 2. The van der Waals surface area contributed by atoms with Crippen LogP contribution in [0.3, 0.4) is 0 Å². The molecule has 2 N–H and O–H groups in total. The number of aryl methyl sites for hydroxylation is 1. The Morgan fingerprint density at radius 2 is 1.93 bits per heavy atom. The first-order valence-corrected chi connectivity index (χ1v) is 9.21. The van der Waals surface area contributed by atoms with Crippen molar-refractivity contribution in [3.05, 3.63) is 83.4 Å². The summed E-state index contributed by atoms with van der Waals surface area (Å²) < 4.78 is 1.86. The van der Waals surface area contributed by atoms with Gasteiger partial charge in [0.1, 0.15) is 0 Å². The average molecular weight is 369 g/mol. The SMILES string of the molecule is Cn1nccc1Cc1n[nH]c2cc3[nH]c(C(=O)Cc4ccccc4)cc3cc12. The van der Waals surface area contributed by atoms with Crippen LogP contribution in [-0.2, 0) is 19.9 Å². The van der Waals surface area contributed by atoms with E-state index in [0.717, 1.165) is 38.8 Å². The molecule has 0 fully saturated rings. The van der Waals surface area contributed by atoms with Gasteiger partial charge < -0.3 is 4.98 Å². The Morgan fingerprint density at radius 1 is 1.07 bits per heavy atom. The first-order chi connectivity index (χ1) is 13.7. The Hall–Kier alpha value is -3.67. The molecule has 0 aliphatic heterocycles. The second-order valence-corrected chi connectivity index (χ2v) is 7.05. The number of rotatable bonds is 5. The summed E-state index contributed by atoms with van der Waals surface area (Å²) in [5, 5.41) is 13.9. The number of nitrogens with zero attached hydrogens (tertiary/aromatic N) is 3. The molecule has 5 rings (SSSR count). The number of carbonyl (C=O) groups excluding carboxylic acids is 1. The van der Waals surface area contributed by atoms with E-state index in [4.69, 9.17) is 0 Å². The fraction of sp³-hybridized carbons (Fsp3) is 0.136.